The van der Waals surface area contributed by atoms with E-state index in [2.05, 4.69) is 51.9 Å². The predicted molar refractivity (Wildman–Crippen MR) is 168 cm³/mol. The zero-order valence-corrected chi connectivity index (χ0v) is 26.0. The number of hydrogen-bond acceptors (Lipinski definition) is 9. The Bertz CT molecular complexity index is 1130. The maximum absolute atomic E-state index is 10.3. The minimum absolute atomic E-state index is 0.462. The van der Waals surface area contributed by atoms with E-state index in [9.17, 15) is 10.4 Å². The van der Waals surface area contributed by atoms with Gasteiger partial charge in [0.15, 0.2) is 0 Å². The molecule has 8 nitrogen and oxygen atoms in total. The number of nitrogens with one attached hydrogen (secondary N) is 3. The van der Waals surface area contributed by atoms with Crippen LogP contribution in [0.1, 0.15) is 89.7 Å². The van der Waals surface area contributed by atoms with Gasteiger partial charge in [-0.15, -0.1) is 11.8 Å². The van der Waals surface area contributed by atoms with Gasteiger partial charge in [-0.25, -0.2) is 9.97 Å². The van der Waals surface area contributed by atoms with Crippen LogP contribution in [-0.4, -0.2) is 51.0 Å². The number of nitrogens with zero attached hydrogens (tertiary/aromatic N) is 4. The molecule has 2 aliphatic carbocycles. The summed E-state index contributed by atoms with van der Waals surface area (Å²) < 4.78 is 0. The molecular weight excluding hydrogens is 530 g/mol. The fourth-order valence-electron chi connectivity index (χ4n) is 6.60. The molecule has 4 rings (SSSR count). The van der Waals surface area contributed by atoms with E-state index < -0.39 is 5.60 Å². The van der Waals surface area contributed by atoms with Crippen molar-refractivity contribution in [3.63, 3.8) is 0 Å². The van der Waals surface area contributed by atoms with Gasteiger partial charge in [-0.2, -0.15) is 10.2 Å². The first-order valence-electron chi connectivity index (χ1n) is 15.6. The fraction of sp³-hybridized carbons (Fsp3) is 0.688. The van der Waals surface area contributed by atoms with Gasteiger partial charge >= 0.3 is 0 Å². The monoisotopic (exact) mass is 579 g/mol. The van der Waals surface area contributed by atoms with Crippen LogP contribution in [0.15, 0.2) is 29.6 Å². The Morgan fingerprint density at radius 1 is 1.02 bits per heavy atom. The van der Waals surface area contributed by atoms with E-state index in [1.54, 1.807) is 18.0 Å². The summed E-state index contributed by atoms with van der Waals surface area (Å²) in [7, 11) is 0. The van der Waals surface area contributed by atoms with Gasteiger partial charge in [0.1, 0.15) is 22.5 Å². The first-order valence-corrected chi connectivity index (χ1v) is 16.6. The van der Waals surface area contributed by atoms with Gasteiger partial charge in [-0.3, -0.25) is 0 Å². The molecular formula is C32H49N7OS. The number of aromatic nitrogens is 3. The lowest BCUT2D eigenvalue weighted by atomic mass is 9.73. The second kappa shape index (κ2) is 15.7. The molecule has 2 fully saturated rings. The van der Waals surface area contributed by atoms with E-state index >= 15 is 0 Å². The molecule has 0 aliphatic heterocycles. The van der Waals surface area contributed by atoms with Crippen LogP contribution in [0, 0.1) is 35.0 Å². The van der Waals surface area contributed by atoms with Gasteiger partial charge in [-0.05, 0) is 100 Å². The Balaban J connectivity index is 1.31. The molecule has 3 atom stereocenters. The van der Waals surface area contributed by atoms with Crippen LogP contribution in [-0.2, 0) is 6.54 Å². The molecule has 2 heterocycles. The van der Waals surface area contributed by atoms with Crippen molar-refractivity contribution in [2.45, 2.75) is 95.7 Å². The lowest BCUT2D eigenvalue weighted by molar-refractivity contribution is 0.00799. The second-order valence-corrected chi connectivity index (χ2v) is 13.6. The third kappa shape index (κ3) is 9.83. The lowest BCUT2D eigenvalue weighted by Crippen LogP contribution is -2.37. The van der Waals surface area contributed by atoms with Gasteiger partial charge in [0.05, 0.1) is 11.8 Å². The molecule has 0 bridgehead atoms. The summed E-state index contributed by atoms with van der Waals surface area (Å²) in [6, 6.07) is 6.28. The molecule has 0 amide bonds. The van der Waals surface area contributed by atoms with Crippen LogP contribution in [0.5, 0.6) is 0 Å². The van der Waals surface area contributed by atoms with Crippen LogP contribution in [0.25, 0.3) is 0 Å². The second-order valence-electron chi connectivity index (χ2n) is 12.4. The normalized spacial score (nSPS) is 26.3. The highest BCUT2D eigenvalue weighted by Crippen LogP contribution is 2.36. The van der Waals surface area contributed by atoms with Gasteiger partial charge in [-0.1, -0.05) is 32.8 Å². The average molecular weight is 580 g/mol. The number of anilines is 2. The van der Waals surface area contributed by atoms with Gasteiger partial charge < -0.3 is 21.1 Å². The molecule has 2 aromatic heterocycles. The highest BCUT2D eigenvalue weighted by molar-refractivity contribution is 7.99. The smallest absolute Gasteiger partial charge is 0.224 e. The zero-order chi connectivity index (χ0) is 29.1. The third-order valence-electron chi connectivity index (χ3n) is 8.78. The van der Waals surface area contributed by atoms with Gasteiger partial charge in [0.2, 0.25) is 5.95 Å². The van der Waals surface area contributed by atoms with E-state index in [4.69, 9.17) is 4.98 Å². The molecule has 0 radical (unpaired) electrons. The first kappa shape index (κ1) is 31.5. The van der Waals surface area contributed by atoms with Crippen molar-refractivity contribution in [2.75, 3.05) is 36.0 Å². The van der Waals surface area contributed by atoms with E-state index in [1.165, 1.54) is 32.1 Å². The topological polar surface area (TPSA) is 119 Å². The third-order valence-corrected chi connectivity index (χ3v) is 9.71. The van der Waals surface area contributed by atoms with E-state index in [0.29, 0.717) is 41.6 Å². The quantitative estimate of drug-likeness (QED) is 0.193. The summed E-state index contributed by atoms with van der Waals surface area (Å²) in [6.45, 7) is 9.92. The minimum atomic E-state index is -0.462. The van der Waals surface area contributed by atoms with Crippen molar-refractivity contribution in [3.8, 4) is 6.07 Å². The number of hydrogen-bond donors (Lipinski definition) is 4. The number of nitriles is 1. The van der Waals surface area contributed by atoms with Crippen LogP contribution in [0.2, 0.25) is 0 Å². The first-order chi connectivity index (χ1) is 19.9. The molecule has 224 valence electrons. The average Bonchev–Trinajstić information content (AvgIpc) is 2.97. The Labute approximate surface area is 250 Å². The van der Waals surface area contributed by atoms with Crippen LogP contribution < -0.4 is 16.0 Å². The lowest BCUT2D eigenvalue weighted by Gasteiger charge is -2.36. The highest BCUT2D eigenvalue weighted by Gasteiger charge is 2.30. The molecule has 2 aromatic rings. The summed E-state index contributed by atoms with van der Waals surface area (Å²) in [6.07, 6.45) is 13.7. The van der Waals surface area contributed by atoms with Crippen molar-refractivity contribution in [1.29, 1.82) is 5.26 Å². The van der Waals surface area contributed by atoms with Crippen molar-refractivity contribution in [3.05, 3.63) is 35.7 Å². The van der Waals surface area contributed by atoms with E-state index in [1.807, 2.05) is 19.2 Å². The maximum Gasteiger partial charge on any atom is 0.224 e. The molecule has 9 heteroatoms. The van der Waals surface area contributed by atoms with Crippen LogP contribution in [0.4, 0.5) is 11.8 Å². The summed E-state index contributed by atoms with van der Waals surface area (Å²) in [5.74, 6) is 4.76. The number of thioether (sulfide) groups is 1. The van der Waals surface area contributed by atoms with Gasteiger partial charge in [0.25, 0.3) is 0 Å². The number of rotatable bonds is 14. The van der Waals surface area contributed by atoms with Crippen molar-refractivity contribution in [1.82, 2.24) is 20.3 Å². The summed E-state index contributed by atoms with van der Waals surface area (Å²) in [4.78, 5) is 13.6. The van der Waals surface area contributed by atoms with Crippen LogP contribution >= 0.6 is 11.8 Å². The SMILES string of the molecule is CCCC1C[C@@H](CNC[C@H]2CC[C@@](C)(O)CC2)C[C@H](CNc2nc(NCc3cccnc3SCC)ncc2C#N)C1. The molecule has 2 saturated carbocycles. The summed E-state index contributed by atoms with van der Waals surface area (Å²) >= 11 is 1.72. The minimum Gasteiger partial charge on any atom is -0.390 e. The summed E-state index contributed by atoms with van der Waals surface area (Å²) in [5.41, 5.74) is 1.13. The Hall–Kier alpha value is -2.41. The Kier molecular flexibility index (Phi) is 12.1. The Morgan fingerprint density at radius 3 is 2.49 bits per heavy atom. The predicted octanol–water partition coefficient (Wildman–Crippen LogP) is 6.24. The van der Waals surface area contributed by atoms with E-state index in [-0.39, 0.29) is 0 Å². The van der Waals surface area contributed by atoms with E-state index in [0.717, 1.165) is 67.6 Å². The molecule has 0 aromatic carbocycles. The largest absolute Gasteiger partial charge is 0.390 e. The highest BCUT2D eigenvalue weighted by atomic mass is 32.2. The molecule has 0 saturated heterocycles. The summed E-state index contributed by atoms with van der Waals surface area (Å²) in [5, 5.41) is 31.6. The number of pyridine rings is 1. The number of aliphatic hydroxyl groups is 1. The Morgan fingerprint density at radius 2 is 1.76 bits per heavy atom. The molecule has 1 unspecified atom stereocenters. The van der Waals surface area contributed by atoms with Gasteiger partial charge in [0, 0.05) is 24.8 Å². The molecule has 41 heavy (non-hydrogen) atoms. The standard InChI is InChI=1S/C32H49N7OS/c1-4-7-24-14-25(19-34-18-23-9-11-32(3,40)12-10-23)16-26(15-24)20-36-29-28(17-33)22-38-31(39-29)37-21-27-8-6-13-35-30(27)41-5-2/h6,8,13,22-26,34,40H,4-5,7,9-12,14-16,18-21H2,1-3H3,(H2,36,37,38,39)/t23-,24?,25-,26-,32+/m1/s1. The van der Waals surface area contributed by atoms with Crippen molar-refractivity contribution < 1.29 is 5.11 Å². The van der Waals surface area contributed by atoms with Crippen LogP contribution in [0.3, 0.4) is 0 Å². The molecule has 0 spiro atoms. The van der Waals surface area contributed by atoms with Crippen molar-refractivity contribution in [2.24, 2.45) is 23.7 Å². The molecule has 4 N–H and O–H groups in total. The molecule has 2 aliphatic rings. The maximum atomic E-state index is 10.3. The van der Waals surface area contributed by atoms with Crippen molar-refractivity contribution >= 4 is 23.5 Å². The zero-order valence-electron chi connectivity index (χ0n) is 25.2. The fourth-order valence-corrected chi connectivity index (χ4v) is 7.33.